The van der Waals surface area contributed by atoms with E-state index in [4.69, 9.17) is 33.5 Å². The highest BCUT2D eigenvalue weighted by atomic mass is 35.5. The van der Waals surface area contributed by atoms with Crippen molar-refractivity contribution in [2.45, 2.75) is 19.4 Å². The van der Waals surface area contributed by atoms with E-state index in [0.29, 0.717) is 16.5 Å². The summed E-state index contributed by atoms with van der Waals surface area (Å²) in [4.78, 5) is 0. The summed E-state index contributed by atoms with van der Waals surface area (Å²) < 4.78 is 5.29. The lowest BCUT2D eigenvalue weighted by molar-refractivity contribution is 0.511. The third kappa shape index (κ3) is 3.06. The molecule has 2 aromatic rings. The molecule has 1 heterocycles. The summed E-state index contributed by atoms with van der Waals surface area (Å²) in [6, 6.07) is 7.52. The summed E-state index contributed by atoms with van der Waals surface area (Å²) in [5.41, 5.74) is 4.85. The minimum absolute atomic E-state index is 0.0142. The van der Waals surface area contributed by atoms with Crippen LogP contribution < -0.4 is 11.3 Å². The lowest BCUT2D eigenvalue weighted by Gasteiger charge is -2.14. The molecule has 1 atom stereocenters. The first-order valence-electron chi connectivity index (χ1n) is 5.55. The van der Waals surface area contributed by atoms with Crippen LogP contribution in [0.3, 0.4) is 0 Å². The number of rotatable bonds is 4. The fourth-order valence-corrected chi connectivity index (χ4v) is 2.14. The lowest BCUT2D eigenvalue weighted by Crippen LogP contribution is -2.29. The molecule has 0 aliphatic carbocycles. The first-order valence-corrected chi connectivity index (χ1v) is 6.31. The first kappa shape index (κ1) is 13.4. The van der Waals surface area contributed by atoms with Crippen molar-refractivity contribution in [2.24, 2.45) is 5.84 Å². The van der Waals surface area contributed by atoms with Crippen molar-refractivity contribution in [1.82, 2.24) is 5.43 Å². The monoisotopic (exact) mass is 284 g/mol. The molecule has 96 valence electrons. The number of halogens is 2. The highest BCUT2D eigenvalue weighted by molar-refractivity contribution is 6.42. The van der Waals surface area contributed by atoms with Gasteiger partial charge < -0.3 is 4.42 Å². The van der Waals surface area contributed by atoms with Crippen molar-refractivity contribution >= 4 is 23.2 Å². The third-order valence-corrected chi connectivity index (χ3v) is 3.52. The molecule has 0 bridgehead atoms. The molecule has 18 heavy (non-hydrogen) atoms. The summed E-state index contributed by atoms with van der Waals surface area (Å²) in [6.07, 6.45) is 2.42. The number of furan rings is 1. The van der Waals surface area contributed by atoms with Gasteiger partial charge in [-0.15, -0.1) is 0 Å². The van der Waals surface area contributed by atoms with Gasteiger partial charge in [0.25, 0.3) is 0 Å². The summed E-state index contributed by atoms with van der Waals surface area (Å²) in [5, 5.41) is 1.10. The van der Waals surface area contributed by atoms with Gasteiger partial charge in [-0.05, 0) is 37.1 Å². The quantitative estimate of drug-likeness (QED) is 0.666. The van der Waals surface area contributed by atoms with E-state index in [1.54, 1.807) is 12.3 Å². The number of benzene rings is 1. The van der Waals surface area contributed by atoms with E-state index in [-0.39, 0.29) is 6.04 Å². The van der Waals surface area contributed by atoms with Crippen LogP contribution in [0.25, 0.3) is 0 Å². The molecule has 0 saturated heterocycles. The molecule has 5 heteroatoms. The zero-order chi connectivity index (χ0) is 13.1. The summed E-state index contributed by atoms with van der Waals surface area (Å²) >= 11 is 11.9. The lowest BCUT2D eigenvalue weighted by atomic mass is 10.0. The molecule has 0 amide bonds. The Morgan fingerprint density at radius 1 is 1.28 bits per heavy atom. The topological polar surface area (TPSA) is 51.2 Å². The normalized spacial score (nSPS) is 12.7. The third-order valence-electron chi connectivity index (χ3n) is 2.78. The standard InChI is InChI=1S/C13H14Cl2N2O/c1-8-4-10(7-18-8)13(17-16)6-9-2-3-11(14)12(15)5-9/h2-5,7,13,17H,6,16H2,1H3. The van der Waals surface area contributed by atoms with Gasteiger partial charge >= 0.3 is 0 Å². The highest BCUT2D eigenvalue weighted by Crippen LogP contribution is 2.26. The SMILES string of the molecule is Cc1cc(C(Cc2ccc(Cl)c(Cl)c2)NN)co1. The van der Waals surface area contributed by atoms with E-state index in [9.17, 15) is 0 Å². The van der Waals surface area contributed by atoms with Gasteiger partial charge in [-0.3, -0.25) is 11.3 Å². The average molecular weight is 285 g/mol. The molecule has 1 unspecified atom stereocenters. The maximum Gasteiger partial charge on any atom is 0.101 e. The predicted molar refractivity (Wildman–Crippen MR) is 73.7 cm³/mol. The van der Waals surface area contributed by atoms with E-state index < -0.39 is 0 Å². The Bertz CT molecular complexity index is 540. The van der Waals surface area contributed by atoms with Gasteiger partial charge in [0.1, 0.15) is 5.76 Å². The number of nitrogens with one attached hydrogen (secondary N) is 1. The Kier molecular flexibility index (Phi) is 4.30. The van der Waals surface area contributed by atoms with Gasteiger partial charge in [-0.1, -0.05) is 29.3 Å². The van der Waals surface area contributed by atoms with Crippen LogP contribution >= 0.6 is 23.2 Å². The van der Waals surface area contributed by atoms with Crippen LogP contribution in [-0.2, 0) is 6.42 Å². The second-order valence-corrected chi connectivity index (χ2v) is 4.98. The fourth-order valence-electron chi connectivity index (χ4n) is 1.82. The van der Waals surface area contributed by atoms with E-state index in [1.165, 1.54) is 0 Å². The Morgan fingerprint density at radius 2 is 2.06 bits per heavy atom. The molecule has 0 saturated carbocycles. The minimum Gasteiger partial charge on any atom is -0.469 e. The molecule has 3 nitrogen and oxygen atoms in total. The van der Waals surface area contributed by atoms with Crippen LogP contribution in [0.2, 0.25) is 10.0 Å². The van der Waals surface area contributed by atoms with Crippen molar-refractivity contribution in [3.05, 3.63) is 57.5 Å². The number of nitrogens with two attached hydrogens (primary N) is 1. The molecule has 0 spiro atoms. The maximum atomic E-state index is 5.99. The van der Waals surface area contributed by atoms with Crippen molar-refractivity contribution in [2.75, 3.05) is 0 Å². The predicted octanol–water partition coefficient (Wildman–Crippen LogP) is 3.64. The van der Waals surface area contributed by atoms with E-state index in [2.05, 4.69) is 5.43 Å². The molecular weight excluding hydrogens is 271 g/mol. The van der Waals surface area contributed by atoms with Crippen molar-refractivity contribution in [3.63, 3.8) is 0 Å². The first-order chi connectivity index (χ1) is 8.60. The average Bonchev–Trinajstić information content (AvgIpc) is 2.77. The van der Waals surface area contributed by atoms with Crippen LogP contribution in [0.15, 0.2) is 34.9 Å². The van der Waals surface area contributed by atoms with Crippen molar-refractivity contribution < 1.29 is 4.42 Å². The zero-order valence-electron chi connectivity index (χ0n) is 9.91. The molecule has 1 aromatic carbocycles. The number of hydrogen-bond donors (Lipinski definition) is 2. The van der Waals surface area contributed by atoms with Crippen LogP contribution in [-0.4, -0.2) is 0 Å². The summed E-state index contributed by atoms with van der Waals surface area (Å²) in [6.45, 7) is 1.90. The van der Waals surface area contributed by atoms with Gasteiger partial charge in [0.05, 0.1) is 22.4 Å². The van der Waals surface area contributed by atoms with Crippen molar-refractivity contribution in [3.8, 4) is 0 Å². The smallest absolute Gasteiger partial charge is 0.101 e. The largest absolute Gasteiger partial charge is 0.469 e. The highest BCUT2D eigenvalue weighted by Gasteiger charge is 2.13. The van der Waals surface area contributed by atoms with Gasteiger partial charge in [-0.25, -0.2) is 0 Å². The number of hydrazine groups is 1. The zero-order valence-corrected chi connectivity index (χ0v) is 11.4. The van der Waals surface area contributed by atoms with Crippen LogP contribution in [0.1, 0.15) is 22.9 Å². The molecular formula is C13H14Cl2N2O. The molecule has 0 aliphatic heterocycles. The van der Waals surface area contributed by atoms with E-state index in [1.807, 2.05) is 25.1 Å². The van der Waals surface area contributed by atoms with Crippen LogP contribution in [0.4, 0.5) is 0 Å². The molecule has 0 radical (unpaired) electrons. The Morgan fingerprint density at radius 3 is 2.61 bits per heavy atom. The molecule has 0 fully saturated rings. The van der Waals surface area contributed by atoms with Gasteiger partial charge in [0.15, 0.2) is 0 Å². The fraction of sp³-hybridized carbons (Fsp3) is 0.231. The summed E-state index contributed by atoms with van der Waals surface area (Å²) in [5.74, 6) is 6.44. The second-order valence-electron chi connectivity index (χ2n) is 4.16. The van der Waals surface area contributed by atoms with Crippen LogP contribution in [0, 0.1) is 6.92 Å². The molecule has 0 aliphatic rings. The molecule has 3 N–H and O–H groups in total. The van der Waals surface area contributed by atoms with Gasteiger partial charge in [0.2, 0.25) is 0 Å². The minimum atomic E-state index is -0.0142. The Hall–Kier alpha value is -1.00. The summed E-state index contributed by atoms with van der Waals surface area (Å²) in [7, 11) is 0. The maximum absolute atomic E-state index is 5.99. The van der Waals surface area contributed by atoms with Gasteiger partial charge in [-0.2, -0.15) is 0 Å². The van der Waals surface area contributed by atoms with Crippen molar-refractivity contribution in [1.29, 1.82) is 0 Å². The van der Waals surface area contributed by atoms with E-state index >= 15 is 0 Å². The number of hydrogen-bond acceptors (Lipinski definition) is 3. The van der Waals surface area contributed by atoms with Crippen LogP contribution in [0.5, 0.6) is 0 Å². The Balaban J connectivity index is 2.17. The molecule has 2 rings (SSSR count). The molecule has 1 aromatic heterocycles. The number of aryl methyl sites for hydroxylation is 1. The van der Waals surface area contributed by atoms with E-state index in [0.717, 1.165) is 16.9 Å². The Labute approximate surface area is 116 Å². The van der Waals surface area contributed by atoms with Gasteiger partial charge in [0, 0.05) is 5.56 Å². The second kappa shape index (κ2) is 5.76.